The van der Waals surface area contributed by atoms with Crippen LogP contribution in [0, 0.1) is 0 Å². The van der Waals surface area contributed by atoms with Gasteiger partial charge >= 0.3 is 0 Å². The second-order valence-electron chi connectivity index (χ2n) is 3.57. The summed E-state index contributed by atoms with van der Waals surface area (Å²) < 4.78 is 5.18. The number of rotatable bonds is 5. The molecule has 0 unspecified atom stereocenters. The van der Waals surface area contributed by atoms with Crippen molar-refractivity contribution in [3.05, 3.63) is 47.6 Å². The van der Waals surface area contributed by atoms with Gasteiger partial charge in [-0.05, 0) is 11.3 Å². The molecule has 2 rings (SSSR count). The molecule has 0 fully saturated rings. The molecule has 0 aliphatic carbocycles. The zero-order valence-electron chi connectivity index (χ0n) is 9.67. The Morgan fingerprint density at radius 3 is 2.82 bits per heavy atom. The highest BCUT2D eigenvalue weighted by Crippen LogP contribution is 2.18. The maximum atomic E-state index is 6.06. The van der Waals surface area contributed by atoms with Gasteiger partial charge in [0, 0.05) is 0 Å². The first kappa shape index (κ1) is 12.1. The van der Waals surface area contributed by atoms with Crippen LogP contribution in [0.25, 0.3) is 0 Å². The molecule has 0 radical (unpaired) electrons. The van der Waals surface area contributed by atoms with Crippen molar-refractivity contribution in [2.75, 3.05) is 5.75 Å². The van der Waals surface area contributed by atoms with Crippen molar-refractivity contribution in [2.24, 2.45) is 5.73 Å². The molecule has 4 nitrogen and oxygen atoms in total. The van der Waals surface area contributed by atoms with Gasteiger partial charge in [-0.2, -0.15) is 16.7 Å². The molecule has 0 amide bonds. The van der Waals surface area contributed by atoms with E-state index in [0.29, 0.717) is 11.7 Å². The van der Waals surface area contributed by atoms with E-state index in [9.17, 15) is 0 Å². The Kier molecular flexibility index (Phi) is 4.17. The molecule has 2 aromatic rings. The minimum absolute atomic E-state index is 0.343. The molecule has 0 saturated heterocycles. The molecule has 1 heterocycles. The predicted octanol–water partition coefficient (Wildman–Crippen LogP) is 2.37. The second-order valence-corrected chi connectivity index (χ2v) is 4.85. The van der Waals surface area contributed by atoms with Crippen LogP contribution >= 0.6 is 11.8 Å². The highest BCUT2D eigenvalue weighted by atomic mass is 32.2. The van der Waals surface area contributed by atoms with Crippen LogP contribution in [-0.2, 0) is 5.75 Å². The van der Waals surface area contributed by atoms with Gasteiger partial charge in [0.05, 0.1) is 5.75 Å². The molecule has 5 heteroatoms. The summed E-state index contributed by atoms with van der Waals surface area (Å²) in [7, 11) is 0. The number of nitrogens with two attached hydrogens (primary N) is 1. The number of nitrogens with zero attached hydrogens (tertiary/aromatic N) is 2. The molecular weight excluding hydrogens is 234 g/mol. The van der Waals surface area contributed by atoms with Gasteiger partial charge in [-0.25, -0.2) is 0 Å². The lowest BCUT2D eigenvalue weighted by molar-refractivity contribution is 0.363. The summed E-state index contributed by atoms with van der Waals surface area (Å²) in [5.74, 6) is 2.98. The normalized spacial score (nSPS) is 12.6. The Labute approximate surface area is 105 Å². The highest BCUT2D eigenvalue weighted by Gasteiger charge is 2.16. The molecule has 90 valence electrons. The van der Waals surface area contributed by atoms with Crippen molar-refractivity contribution in [3.63, 3.8) is 0 Å². The topological polar surface area (TPSA) is 64.9 Å². The first-order chi connectivity index (χ1) is 8.31. The third kappa shape index (κ3) is 3.08. The van der Waals surface area contributed by atoms with Crippen LogP contribution in [0.3, 0.4) is 0 Å². The van der Waals surface area contributed by atoms with Gasteiger partial charge in [0.15, 0.2) is 5.82 Å². The first-order valence-electron chi connectivity index (χ1n) is 5.52. The van der Waals surface area contributed by atoms with Crippen molar-refractivity contribution in [3.8, 4) is 0 Å². The van der Waals surface area contributed by atoms with E-state index >= 15 is 0 Å². The zero-order valence-corrected chi connectivity index (χ0v) is 10.5. The largest absolute Gasteiger partial charge is 0.337 e. The zero-order chi connectivity index (χ0) is 12.1. The summed E-state index contributed by atoms with van der Waals surface area (Å²) in [5, 5.41) is 3.91. The standard InChI is InChI=1S/C12H15N3OS/c1-2-17-8-10-14-12(16-15-10)11(13)9-6-4-3-5-7-9/h3-7,11H,2,8,13H2,1H3/t11-/m0/s1. The third-order valence-electron chi connectivity index (χ3n) is 2.34. The van der Waals surface area contributed by atoms with Crippen molar-refractivity contribution in [1.82, 2.24) is 10.1 Å². The van der Waals surface area contributed by atoms with Crippen LogP contribution in [0.15, 0.2) is 34.9 Å². The number of benzene rings is 1. The van der Waals surface area contributed by atoms with E-state index < -0.39 is 0 Å². The van der Waals surface area contributed by atoms with E-state index in [1.54, 1.807) is 11.8 Å². The van der Waals surface area contributed by atoms with Gasteiger partial charge in [-0.3, -0.25) is 0 Å². The molecule has 0 aliphatic rings. The lowest BCUT2D eigenvalue weighted by Gasteiger charge is -2.05. The van der Waals surface area contributed by atoms with Crippen LogP contribution in [0.2, 0.25) is 0 Å². The number of aromatic nitrogens is 2. The van der Waals surface area contributed by atoms with Gasteiger partial charge in [-0.15, -0.1) is 0 Å². The Bertz CT molecular complexity index is 458. The maximum Gasteiger partial charge on any atom is 0.248 e. The molecule has 0 bridgehead atoms. The highest BCUT2D eigenvalue weighted by molar-refractivity contribution is 7.98. The Balaban J connectivity index is 2.09. The van der Waals surface area contributed by atoms with Crippen LogP contribution in [-0.4, -0.2) is 15.9 Å². The monoisotopic (exact) mass is 249 g/mol. The average Bonchev–Trinajstić information content (AvgIpc) is 2.85. The number of hydrogen-bond acceptors (Lipinski definition) is 5. The van der Waals surface area contributed by atoms with Gasteiger partial charge in [0.2, 0.25) is 5.89 Å². The van der Waals surface area contributed by atoms with E-state index in [1.165, 1.54) is 0 Å². The molecule has 17 heavy (non-hydrogen) atoms. The fraction of sp³-hybridized carbons (Fsp3) is 0.333. The lowest BCUT2D eigenvalue weighted by atomic mass is 10.1. The van der Waals surface area contributed by atoms with Crippen molar-refractivity contribution in [2.45, 2.75) is 18.7 Å². The fourth-order valence-electron chi connectivity index (χ4n) is 1.45. The van der Waals surface area contributed by atoms with Crippen molar-refractivity contribution >= 4 is 11.8 Å². The van der Waals surface area contributed by atoms with Crippen molar-refractivity contribution in [1.29, 1.82) is 0 Å². The second kappa shape index (κ2) is 5.84. The van der Waals surface area contributed by atoms with Gasteiger partial charge in [0.1, 0.15) is 6.04 Å². The van der Waals surface area contributed by atoms with Crippen LogP contribution in [0.4, 0.5) is 0 Å². The first-order valence-corrected chi connectivity index (χ1v) is 6.67. The summed E-state index contributed by atoms with van der Waals surface area (Å²) >= 11 is 1.76. The molecule has 0 aliphatic heterocycles. The molecule has 0 spiro atoms. The third-order valence-corrected chi connectivity index (χ3v) is 3.21. The van der Waals surface area contributed by atoms with Crippen LogP contribution in [0.1, 0.15) is 30.2 Å². The van der Waals surface area contributed by atoms with Gasteiger partial charge in [-0.1, -0.05) is 42.4 Å². The van der Waals surface area contributed by atoms with Crippen LogP contribution < -0.4 is 5.73 Å². The minimum atomic E-state index is -0.343. The van der Waals surface area contributed by atoms with E-state index in [0.717, 1.165) is 17.1 Å². The van der Waals surface area contributed by atoms with E-state index in [2.05, 4.69) is 17.1 Å². The Morgan fingerprint density at radius 1 is 1.35 bits per heavy atom. The van der Waals surface area contributed by atoms with E-state index in [4.69, 9.17) is 10.3 Å². The molecule has 2 N–H and O–H groups in total. The van der Waals surface area contributed by atoms with Crippen LogP contribution in [0.5, 0.6) is 0 Å². The Morgan fingerprint density at radius 2 is 2.12 bits per heavy atom. The minimum Gasteiger partial charge on any atom is -0.337 e. The van der Waals surface area contributed by atoms with Gasteiger partial charge in [0.25, 0.3) is 0 Å². The maximum absolute atomic E-state index is 6.06. The lowest BCUT2D eigenvalue weighted by Crippen LogP contribution is -2.12. The summed E-state index contributed by atoms with van der Waals surface area (Å²) in [4.78, 5) is 4.30. The van der Waals surface area contributed by atoms with E-state index in [-0.39, 0.29) is 6.04 Å². The molecule has 1 aromatic heterocycles. The summed E-state index contributed by atoms with van der Waals surface area (Å²) in [5.41, 5.74) is 7.03. The summed E-state index contributed by atoms with van der Waals surface area (Å²) in [6.07, 6.45) is 0. The molecule has 1 aromatic carbocycles. The molecule has 0 saturated carbocycles. The molecular formula is C12H15N3OS. The van der Waals surface area contributed by atoms with E-state index in [1.807, 2.05) is 30.3 Å². The molecule has 1 atom stereocenters. The smallest absolute Gasteiger partial charge is 0.248 e. The SMILES string of the molecule is CCSCc1noc([C@@H](N)c2ccccc2)n1. The number of thioether (sulfide) groups is 1. The van der Waals surface area contributed by atoms with Crippen molar-refractivity contribution < 1.29 is 4.52 Å². The fourth-order valence-corrected chi connectivity index (χ4v) is 1.95. The predicted molar refractivity (Wildman–Crippen MR) is 68.6 cm³/mol. The summed E-state index contributed by atoms with van der Waals surface area (Å²) in [6, 6.07) is 9.40. The average molecular weight is 249 g/mol. The summed E-state index contributed by atoms with van der Waals surface area (Å²) in [6.45, 7) is 2.10. The number of hydrogen-bond donors (Lipinski definition) is 1. The quantitative estimate of drug-likeness (QED) is 0.881. The Hall–Kier alpha value is -1.33. The van der Waals surface area contributed by atoms with Gasteiger partial charge < -0.3 is 10.3 Å².